The number of rotatable bonds is 2. The molecule has 0 saturated carbocycles. The van der Waals surface area contributed by atoms with E-state index in [0.717, 1.165) is 12.1 Å². The van der Waals surface area contributed by atoms with Crippen LogP contribution in [-0.2, 0) is 19.8 Å². The fraction of sp³-hybridized carbons (Fsp3) is 0.357. The maximum atomic E-state index is 12.6. The molecule has 8 heteroatoms. The molecule has 0 aliphatic carbocycles. The minimum absolute atomic E-state index is 0.260. The third-order valence-electron chi connectivity index (χ3n) is 3.64. The lowest BCUT2D eigenvalue weighted by molar-refractivity contribution is -0.201. The van der Waals surface area contributed by atoms with Crippen molar-refractivity contribution < 1.29 is 23.9 Å². The number of hydrazine groups is 1. The Labute approximate surface area is 132 Å². The molecule has 0 bridgehead atoms. The van der Waals surface area contributed by atoms with Crippen LogP contribution in [0.1, 0.15) is 18.9 Å². The maximum absolute atomic E-state index is 12.6. The molecule has 1 aliphatic rings. The topological polar surface area (TPSA) is 76.2 Å². The van der Waals surface area contributed by atoms with Gasteiger partial charge in [0, 0.05) is 5.02 Å². The highest BCUT2D eigenvalue weighted by molar-refractivity contribution is 6.30. The van der Waals surface area contributed by atoms with E-state index in [-0.39, 0.29) is 6.42 Å². The standard InChI is InChI=1S/C14H15ClN2O5/c1-4-14(9-5-7-10(15)8-6-9)11(18)16(12(19)21-2)17(14)13(20)22-3/h5-8H,4H2,1-3H3/t14-/m1/s1. The molecular formula is C14H15ClN2O5. The molecule has 0 spiro atoms. The number of methoxy groups -OCH3 is 2. The van der Waals surface area contributed by atoms with Gasteiger partial charge >= 0.3 is 12.2 Å². The first-order chi connectivity index (χ1) is 10.4. The number of benzene rings is 1. The van der Waals surface area contributed by atoms with Gasteiger partial charge < -0.3 is 9.47 Å². The van der Waals surface area contributed by atoms with Gasteiger partial charge in [-0.3, -0.25) is 4.79 Å². The van der Waals surface area contributed by atoms with Gasteiger partial charge in [-0.2, -0.15) is 5.01 Å². The molecule has 3 amide bonds. The highest BCUT2D eigenvalue weighted by Crippen LogP contribution is 2.44. The van der Waals surface area contributed by atoms with Crippen molar-refractivity contribution in [3.8, 4) is 0 Å². The van der Waals surface area contributed by atoms with Crippen LogP contribution in [0.2, 0.25) is 5.02 Å². The van der Waals surface area contributed by atoms with Crippen molar-refractivity contribution in [2.45, 2.75) is 18.9 Å². The quantitative estimate of drug-likeness (QED) is 0.834. The van der Waals surface area contributed by atoms with E-state index < -0.39 is 23.6 Å². The largest absolute Gasteiger partial charge is 0.451 e. The molecule has 0 unspecified atom stereocenters. The first kappa shape index (κ1) is 16.1. The molecule has 22 heavy (non-hydrogen) atoms. The summed E-state index contributed by atoms with van der Waals surface area (Å²) >= 11 is 5.86. The maximum Gasteiger partial charge on any atom is 0.436 e. The van der Waals surface area contributed by atoms with Crippen molar-refractivity contribution in [3.63, 3.8) is 0 Å². The van der Waals surface area contributed by atoms with Gasteiger partial charge in [-0.15, -0.1) is 5.01 Å². The zero-order chi connectivity index (χ0) is 16.5. The number of carbonyl (C=O) groups excluding carboxylic acids is 3. The molecule has 1 aliphatic heterocycles. The number of imide groups is 1. The highest BCUT2D eigenvalue weighted by atomic mass is 35.5. The Bertz CT molecular complexity index is 618. The number of hydrogen-bond donors (Lipinski definition) is 0. The molecule has 0 radical (unpaired) electrons. The van der Waals surface area contributed by atoms with Crippen LogP contribution in [0.25, 0.3) is 0 Å². The zero-order valence-electron chi connectivity index (χ0n) is 12.3. The fourth-order valence-corrected chi connectivity index (χ4v) is 2.66. The highest BCUT2D eigenvalue weighted by Gasteiger charge is 2.65. The molecule has 1 atom stereocenters. The molecule has 0 aromatic heterocycles. The third-order valence-corrected chi connectivity index (χ3v) is 3.89. The summed E-state index contributed by atoms with van der Waals surface area (Å²) in [6.07, 6.45) is -1.52. The van der Waals surface area contributed by atoms with Crippen molar-refractivity contribution >= 4 is 29.7 Å². The summed E-state index contributed by atoms with van der Waals surface area (Å²) in [7, 11) is 2.29. The Kier molecular flexibility index (Phi) is 4.27. The lowest BCUT2D eigenvalue weighted by Crippen LogP contribution is -2.77. The normalized spacial score (nSPS) is 20.5. The van der Waals surface area contributed by atoms with Gasteiger partial charge in [0.25, 0.3) is 5.91 Å². The van der Waals surface area contributed by atoms with Gasteiger partial charge in [0.1, 0.15) is 0 Å². The van der Waals surface area contributed by atoms with Crippen LogP contribution in [0.4, 0.5) is 9.59 Å². The summed E-state index contributed by atoms with van der Waals surface area (Å²) in [6.45, 7) is 1.73. The van der Waals surface area contributed by atoms with E-state index >= 15 is 0 Å². The van der Waals surface area contributed by atoms with Crippen molar-refractivity contribution in [3.05, 3.63) is 34.9 Å². The van der Waals surface area contributed by atoms with Gasteiger partial charge in [-0.1, -0.05) is 30.7 Å². The lowest BCUT2D eigenvalue weighted by atomic mass is 9.81. The SMILES string of the molecule is CC[C@@]1(c2ccc(Cl)cc2)C(=O)N(C(=O)OC)N1C(=O)OC. The summed E-state index contributed by atoms with van der Waals surface area (Å²) in [5, 5.41) is 2.09. The van der Waals surface area contributed by atoms with Crippen LogP contribution >= 0.6 is 11.6 Å². The number of carbonyl (C=O) groups is 3. The van der Waals surface area contributed by atoms with Crippen molar-refractivity contribution in [2.75, 3.05) is 14.2 Å². The molecule has 7 nitrogen and oxygen atoms in total. The molecule has 1 aromatic rings. The summed E-state index contributed by atoms with van der Waals surface area (Å²) < 4.78 is 9.23. The molecule has 118 valence electrons. The van der Waals surface area contributed by atoms with E-state index in [4.69, 9.17) is 11.6 Å². The Morgan fingerprint density at radius 1 is 1.14 bits per heavy atom. The summed E-state index contributed by atoms with van der Waals surface area (Å²) in [6, 6.07) is 6.48. The third kappa shape index (κ3) is 2.09. The first-order valence-corrected chi connectivity index (χ1v) is 6.88. The number of nitrogens with zero attached hydrogens (tertiary/aromatic N) is 2. The van der Waals surface area contributed by atoms with E-state index in [1.165, 1.54) is 7.11 Å². The molecule has 2 rings (SSSR count). The summed E-state index contributed by atoms with van der Waals surface area (Å²) in [5.74, 6) is -0.561. The zero-order valence-corrected chi connectivity index (χ0v) is 13.1. The molecule has 1 fully saturated rings. The number of amides is 3. The van der Waals surface area contributed by atoms with Crippen LogP contribution in [0, 0.1) is 0 Å². The molecule has 1 aromatic carbocycles. The van der Waals surface area contributed by atoms with Gasteiger partial charge in [-0.25, -0.2) is 9.59 Å². The van der Waals surface area contributed by atoms with Crippen LogP contribution in [-0.4, -0.2) is 42.3 Å². The summed E-state index contributed by atoms with van der Waals surface area (Å²) in [4.78, 5) is 36.4. The Morgan fingerprint density at radius 2 is 1.68 bits per heavy atom. The predicted molar refractivity (Wildman–Crippen MR) is 76.9 cm³/mol. The van der Waals surface area contributed by atoms with Crippen LogP contribution < -0.4 is 0 Å². The van der Waals surface area contributed by atoms with E-state index in [0.29, 0.717) is 15.6 Å². The second-order valence-corrected chi connectivity index (χ2v) is 5.03. The minimum Gasteiger partial charge on any atom is -0.451 e. The van der Waals surface area contributed by atoms with Crippen molar-refractivity contribution in [1.82, 2.24) is 10.0 Å². The monoisotopic (exact) mass is 326 g/mol. The minimum atomic E-state index is -1.31. The van der Waals surface area contributed by atoms with Gasteiger partial charge in [-0.05, 0) is 24.1 Å². The van der Waals surface area contributed by atoms with Crippen LogP contribution in [0.15, 0.2) is 24.3 Å². The molecule has 1 saturated heterocycles. The predicted octanol–water partition coefficient (Wildman–Crippen LogP) is 2.54. The number of ether oxygens (including phenoxy) is 2. The second kappa shape index (κ2) is 5.84. The van der Waals surface area contributed by atoms with Gasteiger partial charge in [0.2, 0.25) is 0 Å². The average Bonchev–Trinajstić information content (AvgIpc) is 2.53. The van der Waals surface area contributed by atoms with E-state index in [1.807, 2.05) is 0 Å². The molecule has 0 N–H and O–H groups in total. The fourth-order valence-electron chi connectivity index (χ4n) is 2.53. The smallest absolute Gasteiger partial charge is 0.436 e. The second-order valence-electron chi connectivity index (χ2n) is 4.59. The summed E-state index contributed by atoms with van der Waals surface area (Å²) in [5.41, 5.74) is -0.777. The Morgan fingerprint density at radius 3 is 2.14 bits per heavy atom. The first-order valence-electron chi connectivity index (χ1n) is 6.50. The van der Waals surface area contributed by atoms with E-state index in [2.05, 4.69) is 9.47 Å². The van der Waals surface area contributed by atoms with Gasteiger partial charge in [0.15, 0.2) is 5.54 Å². The number of hydrogen-bond acceptors (Lipinski definition) is 5. The Hall–Kier alpha value is -2.28. The molecular weight excluding hydrogens is 312 g/mol. The number of halogens is 1. The van der Waals surface area contributed by atoms with Crippen LogP contribution in [0.3, 0.4) is 0 Å². The van der Waals surface area contributed by atoms with Crippen molar-refractivity contribution in [1.29, 1.82) is 0 Å². The lowest BCUT2D eigenvalue weighted by Gasteiger charge is -2.54. The van der Waals surface area contributed by atoms with Crippen LogP contribution in [0.5, 0.6) is 0 Å². The Balaban J connectivity index is 2.53. The molecule has 1 heterocycles. The van der Waals surface area contributed by atoms with E-state index in [9.17, 15) is 14.4 Å². The average molecular weight is 327 g/mol. The van der Waals surface area contributed by atoms with Crippen molar-refractivity contribution in [2.24, 2.45) is 0 Å². The van der Waals surface area contributed by atoms with Gasteiger partial charge in [0.05, 0.1) is 14.2 Å². The van der Waals surface area contributed by atoms with E-state index in [1.54, 1.807) is 31.2 Å².